The highest BCUT2D eigenvalue weighted by Gasteiger charge is 2.43. The molecule has 0 heterocycles. The highest BCUT2D eigenvalue weighted by atomic mass is 28.3. The molecule has 1 aromatic carbocycles. The minimum absolute atomic E-state index is 0.0574. The molecule has 0 bridgehead atoms. The second kappa shape index (κ2) is 10.1. The van der Waals surface area contributed by atoms with Crippen molar-refractivity contribution in [2.75, 3.05) is 14.1 Å². The summed E-state index contributed by atoms with van der Waals surface area (Å²) in [5.74, 6) is 3.49. The lowest BCUT2D eigenvalue weighted by Gasteiger charge is -2.48. The van der Waals surface area contributed by atoms with Crippen LogP contribution in [0.15, 0.2) is 30.3 Å². The maximum atomic E-state index is 11.2. The molecule has 0 atom stereocenters. The SMILES string of the molecule is CC[Si](C#CCCCC1(O)CCC(c2ccccc2)(N(C)C)CC1)(CC)CC. The van der Waals surface area contributed by atoms with Crippen LogP contribution in [0.1, 0.15) is 71.3 Å². The average Bonchev–Trinajstić information content (AvgIpc) is 2.72. The third-order valence-corrected chi connectivity index (χ3v) is 12.3. The number of hydrogen-bond acceptors (Lipinski definition) is 2. The molecule has 1 aliphatic carbocycles. The van der Waals surface area contributed by atoms with Crippen molar-refractivity contribution in [3.63, 3.8) is 0 Å². The summed E-state index contributed by atoms with van der Waals surface area (Å²) in [4.78, 5) is 2.36. The molecule has 0 spiro atoms. The normalized spacial score (nSPS) is 25.4. The van der Waals surface area contributed by atoms with Crippen LogP contribution in [0.25, 0.3) is 0 Å². The lowest BCUT2D eigenvalue weighted by Crippen LogP contribution is -2.49. The van der Waals surface area contributed by atoms with E-state index in [2.05, 4.69) is 81.6 Å². The van der Waals surface area contributed by atoms with E-state index in [1.165, 1.54) is 23.7 Å². The van der Waals surface area contributed by atoms with E-state index in [9.17, 15) is 5.11 Å². The summed E-state index contributed by atoms with van der Waals surface area (Å²) in [7, 11) is 3.03. The molecule has 0 aliphatic heterocycles. The minimum Gasteiger partial charge on any atom is -0.390 e. The Kier molecular flexibility index (Phi) is 8.37. The molecule has 0 unspecified atom stereocenters. The summed E-state index contributed by atoms with van der Waals surface area (Å²) in [6, 6.07) is 14.6. The molecule has 28 heavy (non-hydrogen) atoms. The van der Waals surface area contributed by atoms with E-state index < -0.39 is 13.7 Å². The van der Waals surface area contributed by atoms with Crippen LogP contribution in [0.2, 0.25) is 18.1 Å². The average molecular weight is 400 g/mol. The van der Waals surface area contributed by atoms with E-state index in [0.717, 1.165) is 44.9 Å². The summed E-state index contributed by atoms with van der Waals surface area (Å²) in [5, 5.41) is 11.2. The largest absolute Gasteiger partial charge is 0.390 e. The first-order valence-electron chi connectivity index (χ1n) is 11.3. The van der Waals surface area contributed by atoms with Crippen LogP contribution < -0.4 is 0 Å². The standard InChI is InChI=1S/C25H41NOSi/c1-6-28(7-2,8-3)22-14-10-13-17-24(27)18-20-25(21-19-24,26(4)5)23-15-11-9-12-16-23/h9,11-12,15-16,27H,6-8,10,13,17-21H2,1-5H3. The van der Waals surface area contributed by atoms with Gasteiger partial charge in [0, 0.05) is 12.0 Å². The van der Waals surface area contributed by atoms with Gasteiger partial charge in [0.2, 0.25) is 0 Å². The number of unbranched alkanes of at least 4 members (excludes halogenated alkanes) is 1. The van der Waals surface area contributed by atoms with E-state index in [0.29, 0.717) is 0 Å². The van der Waals surface area contributed by atoms with Crippen molar-refractivity contribution in [3.05, 3.63) is 35.9 Å². The summed E-state index contributed by atoms with van der Waals surface area (Å²) in [6.45, 7) is 6.92. The molecule has 1 aromatic rings. The van der Waals surface area contributed by atoms with Crippen LogP contribution >= 0.6 is 0 Å². The Bertz CT molecular complexity index is 638. The molecule has 3 heteroatoms. The van der Waals surface area contributed by atoms with Gasteiger partial charge in [-0.25, -0.2) is 0 Å². The number of hydrogen-bond donors (Lipinski definition) is 1. The fraction of sp³-hybridized carbons (Fsp3) is 0.680. The number of nitrogens with zero attached hydrogens (tertiary/aromatic N) is 1. The smallest absolute Gasteiger partial charge is 0.137 e. The van der Waals surface area contributed by atoms with Gasteiger partial charge >= 0.3 is 0 Å². The van der Waals surface area contributed by atoms with Crippen molar-refractivity contribution in [2.45, 2.75) is 95.0 Å². The van der Waals surface area contributed by atoms with E-state index in [4.69, 9.17) is 0 Å². The van der Waals surface area contributed by atoms with E-state index >= 15 is 0 Å². The predicted molar refractivity (Wildman–Crippen MR) is 124 cm³/mol. The van der Waals surface area contributed by atoms with Gasteiger partial charge in [0.05, 0.1) is 5.60 Å². The van der Waals surface area contributed by atoms with Crippen LogP contribution in [-0.2, 0) is 5.54 Å². The molecule has 1 N–H and O–H groups in total. The third-order valence-electron chi connectivity index (χ3n) is 7.50. The van der Waals surface area contributed by atoms with Crippen molar-refractivity contribution < 1.29 is 5.11 Å². The van der Waals surface area contributed by atoms with Gasteiger partial charge in [-0.05, 0) is 76.3 Å². The number of rotatable bonds is 8. The van der Waals surface area contributed by atoms with Gasteiger partial charge in [0.1, 0.15) is 8.07 Å². The van der Waals surface area contributed by atoms with Crippen LogP contribution in [0.5, 0.6) is 0 Å². The molecule has 0 amide bonds. The Labute approximate surface area is 174 Å². The molecule has 0 radical (unpaired) electrons. The highest BCUT2D eigenvalue weighted by molar-refractivity contribution is 6.87. The van der Waals surface area contributed by atoms with Gasteiger partial charge < -0.3 is 5.11 Å². The van der Waals surface area contributed by atoms with Crippen molar-refractivity contribution in [3.8, 4) is 11.5 Å². The Balaban J connectivity index is 1.93. The predicted octanol–water partition coefficient (Wildman–Crippen LogP) is 5.97. The maximum absolute atomic E-state index is 11.2. The monoisotopic (exact) mass is 399 g/mol. The molecule has 2 rings (SSSR count). The fourth-order valence-electron chi connectivity index (χ4n) is 4.89. The molecule has 2 nitrogen and oxygen atoms in total. The molecule has 1 saturated carbocycles. The lowest BCUT2D eigenvalue weighted by atomic mass is 9.69. The number of benzene rings is 1. The third kappa shape index (κ3) is 5.29. The zero-order chi connectivity index (χ0) is 20.7. The van der Waals surface area contributed by atoms with Crippen molar-refractivity contribution >= 4 is 8.07 Å². The quantitative estimate of drug-likeness (QED) is 0.331. The van der Waals surface area contributed by atoms with Crippen LogP contribution in [-0.4, -0.2) is 37.8 Å². The molecular weight excluding hydrogens is 358 g/mol. The van der Waals surface area contributed by atoms with Gasteiger partial charge in [0.15, 0.2) is 0 Å². The molecule has 156 valence electrons. The van der Waals surface area contributed by atoms with Crippen LogP contribution in [0.4, 0.5) is 0 Å². The zero-order valence-electron chi connectivity index (χ0n) is 18.9. The molecule has 0 saturated heterocycles. The second-order valence-electron chi connectivity index (χ2n) is 9.01. The van der Waals surface area contributed by atoms with Crippen molar-refractivity contribution in [1.82, 2.24) is 4.90 Å². The molecule has 0 aromatic heterocycles. The van der Waals surface area contributed by atoms with Crippen molar-refractivity contribution in [1.29, 1.82) is 0 Å². The zero-order valence-corrected chi connectivity index (χ0v) is 19.9. The van der Waals surface area contributed by atoms with Crippen LogP contribution in [0.3, 0.4) is 0 Å². The summed E-state index contributed by atoms with van der Waals surface area (Å²) in [5.41, 5.74) is 4.61. The first-order chi connectivity index (χ1) is 13.4. The van der Waals surface area contributed by atoms with Gasteiger partial charge in [-0.15, -0.1) is 11.5 Å². The Hall–Kier alpha value is -1.08. The van der Waals surface area contributed by atoms with Gasteiger partial charge in [-0.2, -0.15) is 0 Å². The van der Waals surface area contributed by atoms with Gasteiger partial charge in [0.25, 0.3) is 0 Å². The first kappa shape index (κ1) is 23.2. The Morgan fingerprint density at radius 2 is 1.54 bits per heavy atom. The van der Waals surface area contributed by atoms with Gasteiger partial charge in [-0.1, -0.05) is 51.1 Å². The summed E-state index contributed by atoms with van der Waals surface area (Å²) >= 11 is 0. The number of aliphatic hydroxyl groups is 1. The summed E-state index contributed by atoms with van der Waals surface area (Å²) < 4.78 is 0. The van der Waals surface area contributed by atoms with Crippen LogP contribution in [0, 0.1) is 11.5 Å². The first-order valence-corrected chi connectivity index (χ1v) is 13.9. The van der Waals surface area contributed by atoms with E-state index in [1.807, 2.05) is 0 Å². The molecule has 1 aliphatic rings. The summed E-state index contributed by atoms with van der Waals surface area (Å²) in [6.07, 6.45) is 6.64. The second-order valence-corrected chi connectivity index (χ2v) is 13.9. The topological polar surface area (TPSA) is 23.5 Å². The van der Waals surface area contributed by atoms with Gasteiger partial charge in [-0.3, -0.25) is 4.90 Å². The minimum atomic E-state index is -1.32. The highest BCUT2D eigenvalue weighted by Crippen LogP contribution is 2.45. The van der Waals surface area contributed by atoms with Crippen molar-refractivity contribution in [2.24, 2.45) is 0 Å². The van der Waals surface area contributed by atoms with E-state index in [-0.39, 0.29) is 5.54 Å². The Morgan fingerprint density at radius 3 is 2.04 bits per heavy atom. The lowest BCUT2D eigenvalue weighted by molar-refractivity contribution is -0.0522. The molecule has 1 fully saturated rings. The Morgan fingerprint density at radius 1 is 0.964 bits per heavy atom. The fourth-order valence-corrected chi connectivity index (χ4v) is 7.42. The van der Waals surface area contributed by atoms with E-state index in [1.54, 1.807) is 0 Å². The molecular formula is C25H41NOSi. The maximum Gasteiger partial charge on any atom is 0.137 e.